The van der Waals surface area contributed by atoms with Gasteiger partial charge in [0.15, 0.2) is 0 Å². The van der Waals surface area contributed by atoms with Crippen molar-refractivity contribution >= 4 is 0 Å². The van der Waals surface area contributed by atoms with Gasteiger partial charge in [0, 0.05) is 25.6 Å². The first-order valence-electron chi connectivity index (χ1n) is 7.80. The summed E-state index contributed by atoms with van der Waals surface area (Å²) in [5.41, 5.74) is 2.40. The zero-order chi connectivity index (χ0) is 15.2. The minimum atomic E-state index is 0.0493. The molecule has 4 heteroatoms. The number of hydrogen-bond donors (Lipinski definition) is 4. The highest BCUT2D eigenvalue weighted by Gasteiger charge is 2.22. The van der Waals surface area contributed by atoms with Crippen LogP contribution in [0.1, 0.15) is 23.5 Å². The van der Waals surface area contributed by atoms with Crippen molar-refractivity contribution in [2.75, 3.05) is 19.7 Å². The third kappa shape index (κ3) is 3.72. The summed E-state index contributed by atoms with van der Waals surface area (Å²) < 4.78 is 0. The molecule has 116 valence electrons. The second kappa shape index (κ2) is 7.51. The monoisotopic (exact) mass is 297 g/mol. The Bertz CT molecular complexity index is 512. The van der Waals surface area contributed by atoms with Crippen LogP contribution in [0.15, 0.2) is 60.7 Å². The van der Waals surface area contributed by atoms with Gasteiger partial charge in [0.2, 0.25) is 0 Å². The Morgan fingerprint density at radius 2 is 1.23 bits per heavy atom. The van der Waals surface area contributed by atoms with Crippen LogP contribution in [0.2, 0.25) is 0 Å². The molecular weight excluding hydrogens is 274 g/mol. The minimum absolute atomic E-state index is 0.0493. The van der Waals surface area contributed by atoms with Crippen molar-refractivity contribution < 1.29 is 5.11 Å². The van der Waals surface area contributed by atoms with E-state index in [-0.39, 0.29) is 24.9 Å². The van der Waals surface area contributed by atoms with Gasteiger partial charge >= 0.3 is 0 Å². The molecule has 2 aromatic carbocycles. The van der Waals surface area contributed by atoms with Crippen LogP contribution in [0, 0.1) is 5.92 Å². The van der Waals surface area contributed by atoms with E-state index in [1.165, 1.54) is 11.1 Å². The van der Waals surface area contributed by atoms with Crippen molar-refractivity contribution in [2.45, 2.75) is 12.3 Å². The lowest BCUT2D eigenvalue weighted by atomic mass is 10.1. The zero-order valence-corrected chi connectivity index (χ0v) is 12.6. The van der Waals surface area contributed by atoms with E-state index in [1.54, 1.807) is 0 Å². The second-order valence-electron chi connectivity index (χ2n) is 5.72. The molecule has 4 N–H and O–H groups in total. The Labute approximate surface area is 131 Å². The van der Waals surface area contributed by atoms with Crippen molar-refractivity contribution in [3.05, 3.63) is 71.8 Å². The van der Waals surface area contributed by atoms with Crippen molar-refractivity contribution in [2.24, 2.45) is 5.92 Å². The summed E-state index contributed by atoms with van der Waals surface area (Å²) in [5, 5.41) is 20.2. The summed E-state index contributed by atoms with van der Waals surface area (Å²) in [6, 6.07) is 20.7. The lowest BCUT2D eigenvalue weighted by Crippen LogP contribution is -2.49. The van der Waals surface area contributed by atoms with Crippen LogP contribution < -0.4 is 16.0 Å². The average Bonchev–Trinajstić information content (AvgIpc) is 2.57. The van der Waals surface area contributed by atoms with Gasteiger partial charge in [-0.25, -0.2) is 0 Å². The van der Waals surface area contributed by atoms with E-state index in [2.05, 4.69) is 40.2 Å². The summed E-state index contributed by atoms with van der Waals surface area (Å²) in [7, 11) is 0. The first kappa shape index (κ1) is 15.2. The maximum atomic E-state index is 9.52. The first-order chi connectivity index (χ1) is 10.9. The molecule has 4 nitrogen and oxygen atoms in total. The summed E-state index contributed by atoms with van der Waals surface area (Å²) in [4.78, 5) is 0. The van der Waals surface area contributed by atoms with E-state index >= 15 is 0 Å². The van der Waals surface area contributed by atoms with Gasteiger partial charge in [-0.3, -0.25) is 16.0 Å². The highest BCUT2D eigenvalue weighted by atomic mass is 16.3. The summed E-state index contributed by atoms with van der Waals surface area (Å²) in [6.45, 7) is 1.73. The van der Waals surface area contributed by atoms with Crippen LogP contribution in [-0.4, -0.2) is 24.8 Å². The van der Waals surface area contributed by atoms with Crippen LogP contribution in [-0.2, 0) is 0 Å². The Balaban J connectivity index is 1.83. The van der Waals surface area contributed by atoms with Crippen LogP contribution in [0.5, 0.6) is 0 Å². The van der Waals surface area contributed by atoms with Gasteiger partial charge in [-0.15, -0.1) is 0 Å². The van der Waals surface area contributed by atoms with Gasteiger partial charge < -0.3 is 5.11 Å². The molecule has 0 radical (unpaired) electrons. The minimum Gasteiger partial charge on any atom is -0.396 e. The first-order valence-corrected chi connectivity index (χ1v) is 7.80. The third-order valence-electron chi connectivity index (χ3n) is 4.08. The van der Waals surface area contributed by atoms with Gasteiger partial charge in [0.1, 0.15) is 0 Å². The van der Waals surface area contributed by atoms with Crippen LogP contribution >= 0.6 is 0 Å². The van der Waals surface area contributed by atoms with Gasteiger partial charge in [-0.1, -0.05) is 60.7 Å². The largest absolute Gasteiger partial charge is 0.396 e. The fourth-order valence-corrected chi connectivity index (χ4v) is 2.77. The second-order valence-corrected chi connectivity index (χ2v) is 5.72. The van der Waals surface area contributed by atoms with Gasteiger partial charge in [-0.05, 0) is 11.1 Å². The van der Waals surface area contributed by atoms with E-state index in [9.17, 15) is 5.11 Å². The number of aliphatic hydroxyl groups excluding tert-OH is 1. The molecule has 3 rings (SSSR count). The highest BCUT2D eigenvalue weighted by molar-refractivity contribution is 5.22. The van der Waals surface area contributed by atoms with Crippen LogP contribution in [0.25, 0.3) is 0 Å². The Morgan fingerprint density at radius 3 is 1.64 bits per heavy atom. The molecule has 1 saturated heterocycles. The molecule has 0 saturated carbocycles. The molecule has 2 unspecified atom stereocenters. The topological polar surface area (TPSA) is 56.3 Å². The molecule has 2 atom stereocenters. The number of nitrogens with one attached hydrogen (secondary N) is 3. The molecule has 0 bridgehead atoms. The zero-order valence-electron chi connectivity index (χ0n) is 12.6. The van der Waals surface area contributed by atoms with Crippen molar-refractivity contribution in [3.63, 3.8) is 0 Å². The van der Waals surface area contributed by atoms with Crippen molar-refractivity contribution in [1.29, 1.82) is 0 Å². The van der Waals surface area contributed by atoms with E-state index in [4.69, 9.17) is 0 Å². The molecule has 0 spiro atoms. The van der Waals surface area contributed by atoms with Crippen LogP contribution in [0.3, 0.4) is 0 Å². The fourth-order valence-electron chi connectivity index (χ4n) is 2.77. The molecule has 22 heavy (non-hydrogen) atoms. The molecule has 1 aliphatic rings. The summed E-state index contributed by atoms with van der Waals surface area (Å²) in [5.74, 6) is 0.208. The number of rotatable bonds is 3. The molecule has 0 amide bonds. The maximum absolute atomic E-state index is 9.52. The molecular formula is C18H23N3O. The lowest BCUT2D eigenvalue weighted by molar-refractivity contribution is 0.186. The molecule has 1 heterocycles. The average molecular weight is 297 g/mol. The van der Waals surface area contributed by atoms with Crippen LogP contribution in [0.4, 0.5) is 0 Å². The number of benzene rings is 2. The lowest BCUT2D eigenvalue weighted by Gasteiger charge is -2.33. The van der Waals surface area contributed by atoms with Gasteiger partial charge in [0.25, 0.3) is 0 Å². The third-order valence-corrected chi connectivity index (χ3v) is 4.08. The molecule has 1 aliphatic heterocycles. The fraction of sp³-hybridized carbons (Fsp3) is 0.333. The summed E-state index contributed by atoms with van der Waals surface area (Å²) in [6.07, 6.45) is 0.0986. The van der Waals surface area contributed by atoms with Crippen molar-refractivity contribution in [1.82, 2.24) is 16.0 Å². The van der Waals surface area contributed by atoms with E-state index in [1.807, 2.05) is 36.4 Å². The highest BCUT2D eigenvalue weighted by Crippen LogP contribution is 2.19. The van der Waals surface area contributed by atoms with Gasteiger partial charge in [-0.2, -0.15) is 0 Å². The number of hydrogen-bond acceptors (Lipinski definition) is 4. The standard InChI is InChI=1S/C18H23N3O/c22-13-14-11-19-17(15-7-3-1-4-8-15)21-18(20-12-14)16-9-5-2-6-10-16/h1-10,14,17-22H,11-13H2. The SMILES string of the molecule is OCC1CNC(c2ccccc2)NC(c2ccccc2)NC1. The Hall–Kier alpha value is -1.72. The smallest absolute Gasteiger partial charge is 0.0850 e. The van der Waals surface area contributed by atoms with Crippen molar-refractivity contribution in [3.8, 4) is 0 Å². The predicted molar refractivity (Wildman–Crippen MR) is 88.1 cm³/mol. The number of aliphatic hydroxyl groups is 1. The normalized spacial score (nSPS) is 26.1. The quantitative estimate of drug-likeness (QED) is 0.697. The van der Waals surface area contributed by atoms with E-state index in [0.29, 0.717) is 0 Å². The Kier molecular flexibility index (Phi) is 5.19. The predicted octanol–water partition coefficient (Wildman–Crippen LogP) is 1.77. The molecule has 1 fully saturated rings. The summed E-state index contributed by atoms with van der Waals surface area (Å²) >= 11 is 0. The molecule has 0 aliphatic carbocycles. The Morgan fingerprint density at radius 1 is 0.773 bits per heavy atom. The van der Waals surface area contributed by atoms with E-state index in [0.717, 1.165) is 13.1 Å². The van der Waals surface area contributed by atoms with E-state index < -0.39 is 0 Å². The maximum Gasteiger partial charge on any atom is 0.0850 e. The molecule has 0 aromatic heterocycles. The molecule has 2 aromatic rings. The van der Waals surface area contributed by atoms with Gasteiger partial charge in [0.05, 0.1) is 12.3 Å².